The molecule has 110 valence electrons. The van der Waals surface area contributed by atoms with Crippen molar-refractivity contribution in [1.82, 2.24) is 0 Å². The molecule has 4 nitrogen and oxygen atoms in total. The van der Waals surface area contributed by atoms with Crippen molar-refractivity contribution in [3.63, 3.8) is 0 Å². The van der Waals surface area contributed by atoms with Gasteiger partial charge in [0.25, 0.3) is 0 Å². The number of aliphatic hydroxyl groups excluding tert-OH is 1. The predicted molar refractivity (Wildman–Crippen MR) is 77.8 cm³/mol. The Bertz CT molecular complexity index is 416. The summed E-state index contributed by atoms with van der Waals surface area (Å²) in [7, 11) is 0. The molecule has 0 radical (unpaired) electrons. The van der Waals surface area contributed by atoms with Gasteiger partial charge in [-0.15, -0.1) is 0 Å². The average Bonchev–Trinajstić information content (AvgIpc) is 2.48. The smallest absolute Gasteiger partial charge is 0.119 e. The van der Waals surface area contributed by atoms with Gasteiger partial charge in [-0.3, -0.25) is 0 Å². The van der Waals surface area contributed by atoms with Gasteiger partial charge in [0.2, 0.25) is 0 Å². The van der Waals surface area contributed by atoms with Crippen LogP contribution in [0.25, 0.3) is 0 Å². The van der Waals surface area contributed by atoms with Gasteiger partial charge < -0.3 is 19.3 Å². The summed E-state index contributed by atoms with van der Waals surface area (Å²) in [6, 6.07) is 7.42. The summed E-state index contributed by atoms with van der Waals surface area (Å²) in [5.41, 5.74) is 0.855. The van der Waals surface area contributed by atoms with Crippen molar-refractivity contribution in [2.75, 3.05) is 33.0 Å². The fraction of sp³-hybridized carbons (Fsp3) is 0.500. The maximum atomic E-state index is 8.60. The quantitative estimate of drug-likeness (QED) is 0.582. The van der Waals surface area contributed by atoms with Gasteiger partial charge in [-0.25, -0.2) is 0 Å². The Kier molecular flexibility index (Phi) is 8.48. The van der Waals surface area contributed by atoms with E-state index in [1.54, 1.807) is 0 Å². The van der Waals surface area contributed by atoms with Crippen molar-refractivity contribution < 1.29 is 19.3 Å². The van der Waals surface area contributed by atoms with Crippen molar-refractivity contribution in [3.8, 4) is 17.6 Å². The van der Waals surface area contributed by atoms with Gasteiger partial charge in [0, 0.05) is 12.2 Å². The Labute approximate surface area is 120 Å². The number of hydrogen-bond acceptors (Lipinski definition) is 4. The molecule has 0 spiro atoms. The molecule has 0 saturated carbocycles. The Morgan fingerprint density at radius 2 is 1.95 bits per heavy atom. The largest absolute Gasteiger partial charge is 0.491 e. The molecule has 0 fully saturated rings. The molecule has 0 bridgehead atoms. The van der Waals surface area contributed by atoms with Gasteiger partial charge in [-0.1, -0.05) is 11.8 Å². The van der Waals surface area contributed by atoms with E-state index in [1.165, 1.54) is 0 Å². The fourth-order valence-electron chi connectivity index (χ4n) is 1.52. The van der Waals surface area contributed by atoms with Gasteiger partial charge in [0.1, 0.15) is 19.0 Å². The third kappa shape index (κ3) is 7.15. The minimum Gasteiger partial charge on any atom is -0.491 e. The van der Waals surface area contributed by atoms with E-state index in [0.29, 0.717) is 26.4 Å². The van der Waals surface area contributed by atoms with Crippen LogP contribution in [-0.4, -0.2) is 44.2 Å². The van der Waals surface area contributed by atoms with Crippen molar-refractivity contribution in [2.24, 2.45) is 0 Å². The lowest BCUT2D eigenvalue weighted by atomic mass is 10.2. The van der Waals surface area contributed by atoms with Crippen LogP contribution in [0.5, 0.6) is 5.75 Å². The molecule has 0 heterocycles. The summed E-state index contributed by atoms with van der Waals surface area (Å²) in [5, 5.41) is 8.60. The lowest BCUT2D eigenvalue weighted by molar-refractivity contribution is -0.0128. The van der Waals surface area contributed by atoms with E-state index in [1.807, 2.05) is 38.1 Å². The zero-order valence-electron chi connectivity index (χ0n) is 12.1. The molecule has 0 aromatic heterocycles. The van der Waals surface area contributed by atoms with Gasteiger partial charge >= 0.3 is 0 Å². The molecule has 0 aliphatic rings. The lowest BCUT2D eigenvalue weighted by Gasteiger charge is -2.13. The van der Waals surface area contributed by atoms with E-state index in [9.17, 15) is 0 Å². The van der Waals surface area contributed by atoms with E-state index in [0.717, 1.165) is 11.3 Å². The third-order valence-electron chi connectivity index (χ3n) is 2.48. The highest BCUT2D eigenvalue weighted by atomic mass is 16.5. The SMILES string of the molecule is CCOCC(C)OCCOc1ccc(C#CCO)cc1. The minimum absolute atomic E-state index is 0.0784. The number of hydrogen-bond donors (Lipinski definition) is 1. The minimum atomic E-state index is -0.129. The molecule has 0 amide bonds. The van der Waals surface area contributed by atoms with Crippen LogP contribution >= 0.6 is 0 Å². The number of benzene rings is 1. The standard InChI is InChI=1S/C16H22O4/c1-3-18-13-14(2)19-11-12-20-16-8-6-15(7-9-16)5-4-10-17/h6-9,14,17H,3,10-13H2,1-2H3. The van der Waals surface area contributed by atoms with Crippen LogP contribution in [-0.2, 0) is 9.47 Å². The lowest BCUT2D eigenvalue weighted by Crippen LogP contribution is -2.19. The van der Waals surface area contributed by atoms with Gasteiger partial charge in [0.05, 0.1) is 19.3 Å². The summed E-state index contributed by atoms with van der Waals surface area (Å²) in [6.07, 6.45) is 0.0784. The first-order valence-corrected chi connectivity index (χ1v) is 6.78. The highest BCUT2D eigenvalue weighted by Crippen LogP contribution is 2.11. The monoisotopic (exact) mass is 278 g/mol. The summed E-state index contributed by atoms with van der Waals surface area (Å²) >= 11 is 0. The van der Waals surface area contributed by atoms with Crippen LogP contribution in [0.15, 0.2) is 24.3 Å². The normalized spacial score (nSPS) is 11.6. The molecule has 0 saturated heterocycles. The first-order chi connectivity index (χ1) is 9.76. The van der Waals surface area contributed by atoms with E-state index < -0.39 is 0 Å². The maximum Gasteiger partial charge on any atom is 0.119 e. The molecule has 1 rings (SSSR count). The van der Waals surface area contributed by atoms with Crippen molar-refractivity contribution in [1.29, 1.82) is 0 Å². The molecule has 1 unspecified atom stereocenters. The van der Waals surface area contributed by atoms with Crippen molar-refractivity contribution >= 4 is 0 Å². The summed E-state index contributed by atoms with van der Waals surface area (Å²) in [6.45, 7) is 6.15. The van der Waals surface area contributed by atoms with Crippen molar-refractivity contribution in [3.05, 3.63) is 29.8 Å². The van der Waals surface area contributed by atoms with E-state index in [2.05, 4.69) is 11.8 Å². The van der Waals surface area contributed by atoms with Crippen molar-refractivity contribution in [2.45, 2.75) is 20.0 Å². The van der Waals surface area contributed by atoms with Gasteiger partial charge in [0.15, 0.2) is 0 Å². The fourth-order valence-corrected chi connectivity index (χ4v) is 1.52. The molecule has 1 aromatic carbocycles. The second-order valence-corrected chi connectivity index (χ2v) is 4.17. The number of rotatable bonds is 8. The molecular formula is C16H22O4. The number of ether oxygens (including phenoxy) is 3. The molecule has 1 aromatic rings. The maximum absolute atomic E-state index is 8.60. The van der Waals surface area contributed by atoms with Crippen LogP contribution in [0.3, 0.4) is 0 Å². The molecule has 1 atom stereocenters. The molecule has 20 heavy (non-hydrogen) atoms. The molecule has 4 heteroatoms. The summed E-state index contributed by atoms with van der Waals surface area (Å²) < 4.78 is 16.4. The van der Waals surface area contributed by atoms with Crippen LogP contribution < -0.4 is 4.74 Å². The molecular weight excluding hydrogens is 256 g/mol. The van der Waals surface area contributed by atoms with Gasteiger partial charge in [-0.05, 0) is 38.1 Å². The Morgan fingerprint density at radius 1 is 1.20 bits per heavy atom. The van der Waals surface area contributed by atoms with E-state index in [-0.39, 0.29) is 12.7 Å². The van der Waals surface area contributed by atoms with Crippen LogP contribution in [0.1, 0.15) is 19.4 Å². The van der Waals surface area contributed by atoms with Gasteiger partial charge in [-0.2, -0.15) is 0 Å². The topological polar surface area (TPSA) is 47.9 Å². The highest BCUT2D eigenvalue weighted by molar-refractivity contribution is 5.38. The zero-order chi connectivity index (χ0) is 14.6. The third-order valence-corrected chi connectivity index (χ3v) is 2.48. The Morgan fingerprint density at radius 3 is 2.60 bits per heavy atom. The predicted octanol–water partition coefficient (Wildman–Crippen LogP) is 1.85. The molecule has 0 aliphatic carbocycles. The molecule has 0 aliphatic heterocycles. The highest BCUT2D eigenvalue weighted by Gasteiger charge is 2.01. The van der Waals surface area contributed by atoms with E-state index >= 15 is 0 Å². The number of aliphatic hydroxyl groups is 1. The van der Waals surface area contributed by atoms with Crippen LogP contribution in [0, 0.1) is 11.8 Å². The van der Waals surface area contributed by atoms with Crippen LogP contribution in [0.2, 0.25) is 0 Å². The summed E-state index contributed by atoms with van der Waals surface area (Å²) in [4.78, 5) is 0. The summed E-state index contributed by atoms with van der Waals surface area (Å²) in [5.74, 6) is 6.21. The Hall–Kier alpha value is -1.54. The second-order valence-electron chi connectivity index (χ2n) is 4.17. The van der Waals surface area contributed by atoms with E-state index in [4.69, 9.17) is 19.3 Å². The zero-order valence-corrected chi connectivity index (χ0v) is 12.1. The Balaban J connectivity index is 2.22. The first kappa shape index (κ1) is 16.5. The molecule has 1 N–H and O–H groups in total. The second kappa shape index (κ2) is 10.3. The first-order valence-electron chi connectivity index (χ1n) is 6.78. The van der Waals surface area contributed by atoms with Crippen LogP contribution in [0.4, 0.5) is 0 Å². The average molecular weight is 278 g/mol.